The van der Waals surface area contributed by atoms with E-state index in [0.717, 1.165) is 6.42 Å². The van der Waals surface area contributed by atoms with Crippen LogP contribution in [0.3, 0.4) is 0 Å². The van der Waals surface area contributed by atoms with Gasteiger partial charge in [0, 0.05) is 12.8 Å². The predicted octanol–water partition coefficient (Wildman–Crippen LogP) is 1.64. The van der Waals surface area contributed by atoms with Crippen molar-refractivity contribution < 1.29 is 14.3 Å². The molecule has 76 valence electrons. The van der Waals surface area contributed by atoms with Gasteiger partial charge in [0.05, 0.1) is 0 Å². The topological polar surface area (TPSA) is 43.4 Å². The Morgan fingerprint density at radius 1 is 1.79 bits per heavy atom. The Balaban J connectivity index is 2.84. The van der Waals surface area contributed by atoms with E-state index in [-0.39, 0.29) is 5.92 Å². The second-order valence-corrected chi connectivity index (χ2v) is 3.42. The molecule has 3 nitrogen and oxygen atoms in total. The molecule has 0 spiro atoms. The molecule has 0 saturated heterocycles. The number of rotatable bonds is 4. The first-order valence-electron chi connectivity index (χ1n) is 4.59. The van der Waals surface area contributed by atoms with E-state index in [4.69, 9.17) is 4.74 Å². The van der Waals surface area contributed by atoms with Gasteiger partial charge in [-0.25, -0.2) is 0 Å². The van der Waals surface area contributed by atoms with Gasteiger partial charge in [-0.2, -0.15) is 0 Å². The molecule has 0 radical (unpaired) electrons. The minimum Gasteiger partial charge on any atom is -0.447 e. The third-order valence-electron chi connectivity index (χ3n) is 2.39. The zero-order valence-electron chi connectivity index (χ0n) is 8.23. The highest BCUT2D eigenvalue weighted by Gasteiger charge is 2.41. The summed E-state index contributed by atoms with van der Waals surface area (Å²) >= 11 is 0. The Hall–Kier alpha value is -1.38. The molecule has 1 rings (SSSR count). The molecule has 0 N–H and O–H groups in total. The maximum absolute atomic E-state index is 11.0. The summed E-state index contributed by atoms with van der Waals surface area (Å²) in [4.78, 5) is 21.9. The number of esters is 1. The molecule has 0 aromatic rings. The van der Waals surface area contributed by atoms with Crippen LogP contribution in [0.2, 0.25) is 0 Å². The summed E-state index contributed by atoms with van der Waals surface area (Å²) in [5, 5.41) is 0. The number of carbonyl (C=O) groups excluding carboxylic acids is 2. The number of aldehydes is 1. The highest BCUT2D eigenvalue weighted by molar-refractivity contribution is 5.75. The second kappa shape index (κ2) is 4.22. The van der Waals surface area contributed by atoms with E-state index in [9.17, 15) is 9.59 Å². The van der Waals surface area contributed by atoms with Crippen molar-refractivity contribution in [2.75, 3.05) is 0 Å². The summed E-state index contributed by atoms with van der Waals surface area (Å²) in [6.07, 6.45) is 7.38. The zero-order valence-corrected chi connectivity index (χ0v) is 8.23. The Morgan fingerprint density at radius 2 is 2.50 bits per heavy atom. The van der Waals surface area contributed by atoms with Gasteiger partial charge in [-0.15, -0.1) is 6.58 Å². The van der Waals surface area contributed by atoms with Crippen LogP contribution in [-0.2, 0) is 14.3 Å². The van der Waals surface area contributed by atoms with Crippen LogP contribution in [0.5, 0.6) is 0 Å². The fourth-order valence-corrected chi connectivity index (χ4v) is 1.74. The molecule has 0 saturated carbocycles. The van der Waals surface area contributed by atoms with Crippen molar-refractivity contribution in [2.45, 2.75) is 25.4 Å². The molecule has 2 atom stereocenters. The first-order valence-corrected chi connectivity index (χ1v) is 4.59. The molecular formula is C11H14O3. The van der Waals surface area contributed by atoms with Crippen molar-refractivity contribution >= 4 is 12.3 Å². The smallest absolute Gasteiger partial charge is 0.303 e. The average molecular weight is 194 g/mol. The minimum absolute atomic E-state index is 0.00130. The lowest BCUT2D eigenvalue weighted by molar-refractivity contribution is -0.159. The highest BCUT2D eigenvalue weighted by Crippen LogP contribution is 2.34. The van der Waals surface area contributed by atoms with Crippen LogP contribution in [-0.4, -0.2) is 17.9 Å². The van der Waals surface area contributed by atoms with Gasteiger partial charge in [-0.1, -0.05) is 12.2 Å². The van der Waals surface area contributed by atoms with Crippen molar-refractivity contribution in [2.24, 2.45) is 5.92 Å². The van der Waals surface area contributed by atoms with Crippen LogP contribution >= 0.6 is 0 Å². The second-order valence-electron chi connectivity index (χ2n) is 3.42. The molecule has 14 heavy (non-hydrogen) atoms. The van der Waals surface area contributed by atoms with Crippen molar-refractivity contribution in [1.82, 2.24) is 0 Å². The summed E-state index contributed by atoms with van der Waals surface area (Å²) in [6.45, 7) is 4.93. The summed E-state index contributed by atoms with van der Waals surface area (Å²) in [5.74, 6) is -0.431. The van der Waals surface area contributed by atoms with Crippen molar-refractivity contribution in [3.8, 4) is 0 Å². The lowest BCUT2D eigenvalue weighted by Gasteiger charge is -2.27. The zero-order chi connectivity index (χ0) is 10.6. The molecule has 0 aromatic heterocycles. The summed E-state index contributed by atoms with van der Waals surface area (Å²) in [5.41, 5.74) is -1.06. The largest absolute Gasteiger partial charge is 0.447 e. The Morgan fingerprint density at radius 3 is 3.00 bits per heavy atom. The minimum atomic E-state index is -1.06. The van der Waals surface area contributed by atoms with Crippen LogP contribution in [0.15, 0.2) is 24.8 Å². The monoisotopic (exact) mass is 194 g/mol. The van der Waals surface area contributed by atoms with Crippen molar-refractivity contribution in [1.29, 1.82) is 0 Å². The van der Waals surface area contributed by atoms with Crippen molar-refractivity contribution in [3.05, 3.63) is 24.8 Å². The molecule has 0 heterocycles. The first-order chi connectivity index (χ1) is 6.64. The fourth-order valence-electron chi connectivity index (χ4n) is 1.74. The maximum Gasteiger partial charge on any atom is 0.303 e. The van der Waals surface area contributed by atoms with E-state index in [0.29, 0.717) is 12.7 Å². The normalized spacial score (nSPS) is 29.9. The van der Waals surface area contributed by atoms with Crippen LogP contribution < -0.4 is 0 Å². The van der Waals surface area contributed by atoms with E-state index in [1.807, 2.05) is 6.08 Å². The Kier molecular flexibility index (Phi) is 3.23. The summed E-state index contributed by atoms with van der Waals surface area (Å²) in [7, 11) is 0. The van der Waals surface area contributed by atoms with Gasteiger partial charge in [0.25, 0.3) is 0 Å². The Bertz CT molecular complexity index is 280. The van der Waals surface area contributed by atoms with Crippen LogP contribution in [0.4, 0.5) is 0 Å². The van der Waals surface area contributed by atoms with Gasteiger partial charge in [0.15, 0.2) is 11.9 Å². The number of allylic oxidation sites excluding steroid dienone is 2. The highest BCUT2D eigenvalue weighted by atomic mass is 16.6. The van der Waals surface area contributed by atoms with Crippen LogP contribution in [0.25, 0.3) is 0 Å². The summed E-state index contributed by atoms with van der Waals surface area (Å²) < 4.78 is 5.07. The number of hydrogen-bond acceptors (Lipinski definition) is 3. The van der Waals surface area contributed by atoms with Gasteiger partial charge < -0.3 is 4.74 Å². The van der Waals surface area contributed by atoms with Gasteiger partial charge in [-0.05, 0) is 18.9 Å². The van der Waals surface area contributed by atoms with Crippen LogP contribution in [0, 0.1) is 5.92 Å². The molecule has 0 fully saturated rings. The van der Waals surface area contributed by atoms with E-state index < -0.39 is 11.6 Å². The van der Waals surface area contributed by atoms with E-state index >= 15 is 0 Å². The number of carbonyl (C=O) groups is 2. The van der Waals surface area contributed by atoms with Gasteiger partial charge in [0.1, 0.15) is 0 Å². The third kappa shape index (κ3) is 1.92. The van der Waals surface area contributed by atoms with E-state index in [1.54, 1.807) is 12.2 Å². The molecule has 0 aromatic carbocycles. The maximum atomic E-state index is 11.0. The molecular weight excluding hydrogens is 180 g/mol. The van der Waals surface area contributed by atoms with E-state index in [2.05, 4.69) is 6.58 Å². The molecule has 1 aliphatic carbocycles. The molecule has 0 amide bonds. The van der Waals surface area contributed by atoms with Crippen LogP contribution in [0.1, 0.15) is 19.8 Å². The summed E-state index contributed by atoms with van der Waals surface area (Å²) in [6, 6.07) is 0. The lowest BCUT2D eigenvalue weighted by Crippen LogP contribution is -2.39. The molecule has 0 bridgehead atoms. The van der Waals surface area contributed by atoms with Crippen molar-refractivity contribution in [3.63, 3.8) is 0 Å². The first kappa shape index (κ1) is 10.7. The quantitative estimate of drug-likeness (QED) is 0.388. The molecule has 3 heteroatoms. The molecule has 0 aliphatic heterocycles. The number of ether oxygens (including phenoxy) is 1. The predicted molar refractivity (Wildman–Crippen MR) is 52.6 cm³/mol. The van der Waals surface area contributed by atoms with Gasteiger partial charge >= 0.3 is 5.97 Å². The SMILES string of the molecule is C=CCC1CC=CC1(C=O)OC(C)=O. The van der Waals surface area contributed by atoms with E-state index in [1.165, 1.54) is 6.92 Å². The third-order valence-corrected chi connectivity index (χ3v) is 2.39. The van der Waals surface area contributed by atoms with Gasteiger partial charge in [-0.3, -0.25) is 9.59 Å². The molecule has 2 unspecified atom stereocenters. The Labute approximate surface area is 83.4 Å². The fraction of sp³-hybridized carbons (Fsp3) is 0.455. The molecule has 1 aliphatic rings. The number of hydrogen-bond donors (Lipinski definition) is 0. The standard InChI is InChI=1S/C11H14O3/c1-3-5-10-6-4-7-11(10,8-12)14-9(2)13/h3-4,7-8,10H,1,5-6H2,2H3. The lowest BCUT2D eigenvalue weighted by atomic mass is 9.89. The average Bonchev–Trinajstić information content (AvgIpc) is 2.49. The van der Waals surface area contributed by atoms with Gasteiger partial charge in [0.2, 0.25) is 0 Å².